The molecule has 23 heavy (non-hydrogen) atoms. The first-order valence-electron chi connectivity index (χ1n) is 7.40. The van der Waals surface area contributed by atoms with Gasteiger partial charge in [-0.15, -0.1) is 0 Å². The Bertz CT molecular complexity index is 691. The van der Waals surface area contributed by atoms with Crippen LogP contribution < -0.4 is 10.5 Å². The molecule has 0 bridgehead atoms. The van der Waals surface area contributed by atoms with E-state index in [4.69, 9.17) is 10.8 Å². The molecule has 1 aliphatic carbocycles. The standard InChI is InChI=1S/C15H20N2O5S/c16-14(20)11-4-6-12(7-5-11)23(21,22)17-15(10-13(18)19)8-2-1-3-9-15/h4-7,17H,1-3,8-10H2,(H2,16,20)(H,18,19). The van der Waals surface area contributed by atoms with Crippen LogP contribution in [0.2, 0.25) is 0 Å². The zero-order chi connectivity index (χ0) is 17.1. The highest BCUT2D eigenvalue weighted by Gasteiger charge is 2.38. The van der Waals surface area contributed by atoms with Crippen LogP contribution in [-0.4, -0.2) is 30.9 Å². The first-order valence-corrected chi connectivity index (χ1v) is 8.88. The SMILES string of the molecule is NC(=O)c1ccc(S(=O)(=O)NC2(CC(=O)O)CCCCC2)cc1. The van der Waals surface area contributed by atoms with Gasteiger partial charge >= 0.3 is 5.97 Å². The Balaban J connectivity index is 2.26. The molecule has 126 valence electrons. The molecule has 1 aromatic rings. The van der Waals surface area contributed by atoms with Crippen LogP contribution in [0.25, 0.3) is 0 Å². The summed E-state index contributed by atoms with van der Waals surface area (Å²) in [7, 11) is -3.87. The molecular weight excluding hydrogens is 320 g/mol. The number of aliphatic carboxylic acids is 1. The second-order valence-corrected chi connectivity index (χ2v) is 7.59. The number of carbonyl (C=O) groups is 2. The van der Waals surface area contributed by atoms with Crippen molar-refractivity contribution >= 4 is 21.9 Å². The van der Waals surface area contributed by atoms with Gasteiger partial charge in [-0.2, -0.15) is 0 Å². The van der Waals surface area contributed by atoms with Crippen molar-refractivity contribution in [2.45, 2.75) is 49.0 Å². The third kappa shape index (κ3) is 4.29. The van der Waals surface area contributed by atoms with Crippen LogP contribution in [0.3, 0.4) is 0 Å². The predicted molar refractivity (Wildman–Crippen MR) is 83.4 cm³/mol. The molecule has 0 aromatic heterocycles. The van der Waals surface area contributed by atoms with Crippen molar-refractivity contribution in [3.05, 3.63) is 29.8 Å². The van der Waals surface area contributed by atoms with Crippen LogP contribution in [0, 0.1) is 0 Å². The van der Waals surface area contributed by atoms with Crippen molar-refractivity contribution in [3.8, 4) is 0 Å². The van der Waals surface area contributed by atoms with Gasteiger partial charge < -0.3 is 10.8 Å². The fraction of sp³-hybridized carbons (Fsp3) is 0.467. The minimum Gasteiger partial charge on any atom is -0.481 e. The van der Waals surface area contributed by atoms with Crippen molar-refractivity contribution in [1.82, 2.24) is 4.72 Å². The molecule has 2 rings (SSSR count). The molecule has 4 N–H and O–H groups in total. The van der Waals surface area contributed by atoms with Crippen LogP contribution in [0.15, 0.2) is 29.2 Å². The van der Waals surface area contributed by atoms with E-state index in [9.17, 15) is 18.0 Å². The number of carboxylic acid groups (broad SMARTS) is 1. The smallest absolute Gasteiger partial charge is 0.305 e. The summed E-state index contributed by atoms with van der Waals surface area (Å²) in [6, 6.07) is 5.25. The lowest BCUT2D eigenvalue weighted by atomic mass is 9.80. The number of hydrogen-bond acceptors (Lipinski definition) is 4. The Labute approximate surface area is 134 Å². The summed E-state index contributed by atoms with van der Waals surface area (Å²) in [5.41, 5.74) is 4.39. The van der Waals surface area contributed by atoms with Crippen molar-refractivity contribution in [1.29, 1.82) is 0 Å². The highest BCUT2D eigenvalue weighted by Crippen LogP contribution is 2.32. The summed E-state index contributed by atoms with van der Waals surface area (Å²) < 4.78 is 27.7. The Morgan fingerprint density at radius 2 is 1.70 bits per heavy atom. The Hall–Kier alpha value is -1.93. The lowest BCUT2D eigenvalue weighted by molar-refractivity contribution is -0.138. The van der Waals surface area contributed by atoms with E-state index in [-0.39, 0.29) is 16.9 Å². The molecule has 1 amide bonds. The number of amides is 1. The summed E-state index contributed by atoms with van der Waals surface area (Å²) in [6.07, 6.45) is 3.30. The first kappa shape index (κ1) is 17.4. The number of nitrogens with one attached hydrogen (secondary N) is 1. The van der Waals surface area contributed by atoms with E-state index in [0.717, 1.165) is 19.3 Å². The van der Waals surface area contributed by atoms with Gasteiger partial charge in [0, 0.05) is 11.1 Å². The zero-order valence-electron chi connectivity index (χ0n) is 12.6. The number of sulfonamides is 1. The molecule has 0 unspecified atom stereocenters. The minimum absolute atomic E-state index is 0.0159. The normalized spacial score (nSPS) is 17.6. The van der Waals surface area contributed by atoms with Gasteiger partial charge in [0.2, 0.25) is 15.9 Å². The summed E-state index contributed by atoms with van der Waals surface area (Å²) in [4.78, 5) is 22.2. The maximum absolute atomic E-state index is 12.5. The molecule has 1 saturated carbocycles. The zero-order valence-corrected chi connectivity index (χ0v) is 13.4. The number of primary amides is 1. The average Bonchev–Trinajstić information content (AvgIpc) is 2.46. The van der Waals surface area contributed by atoms with E-state index in [1.54, 1.807) is 0 Å². The molecule has 0 saturated heterocycles. The van der Waals surface area contributed by atoms with Gasteiger partial charge in [-0.3, -0.25) is 9.59 Å². The number of carboxylic acids is 1. The lowest BCUT2D eigenvalue weighted by Crippen LogP contribution is -2.50. The number of carbonyl (C=O) groups excluding carboxylic acids is 1. The summed E-state index contributed by atoms with van der Waals surface area (Å²) in [6.45, 7) is 0. The molecule has 0 radical (unpaired) electrons. The molecule has 0 heterocycles. The van der Waals surface area contributed by atoms with E-state index in [2.05, 4.69) is 4.72 Å². The van der Waals surface area contributed by atoms with E-state index >= 15 is 0 Å². The molecule has 1 fully saturated rings. The van der Waals surface area contributed by atoms with Crippen LogP contribution in [-0.2, 0) is 14.8 Å². The van der Waals surface area contributed by atoms with E-state index < -0.39 is 27.4 Å². The third-order valence-corrected chi connectivity index (χ3v) is 5.69. The van der Waals surface area contributed by atoms with Crippen LogP contribution in [0.4, 0.5) is 0 Å². The van der Waals surface area contributed by atoms with E-state index in [0.29, 0.717) is 12.8 Å². The Morgan fingerprint density at radius 1 is 1.13 bits per heavy atom. The maximum atomic E-state index is 12.5. The second kappa shape index (κ2) is 6.67. The third-order valence-electron chi connectivity index (χ3n) is 4.10. The minimum atomic E-state index is -3.87. The van der Waals surface area contributed by atoms with Gasteiger partial charge in [-0.05, 0) is 37.1 Å². The van der Waals surface area contributed by atoms with Gasteiger partial charge in [-0.25, -0.2) is 13.1 Å². The number of hydrogen-bond donors (Lipinski definition) is 3. The highest BCUT2D eigenvalue weighted by atomic mass is 32.2. The maximum Gasteiger partial charge on any atom is 0.305 e. The van der Waals surface area contributed by atoms with E-state index in [1.165, 1.54) is 24.3 Å². The van der Waals surface area contributed by atoms with Gasteiger partial charge in [0.05, 0.1) is 11.3 Å². The molecule has 1 aromatic carbocycles. The topological polar surface area (TPSA) is 127 Å². The molecule has 1 aliphatic rings. The molecular formula is C15H20N2O5S. The Morgan fingerprint density at radius 3 is 2.17 bits per heavy atom. The van der Waals surface area contributed by atoms with E-state index in [1.807, 2.05) is 0 Å². The molecule has 0 atom stereocenters. The van der Waals surface area contributed by atoms with Crippen LogP contribution in [0.1, 0.15) is 48.9 Å². The largest absolute Gasteiger partial charge is 0.481 e. The van der Waals surface area contributed by atoms with Gasteiger partial charge in [0.1, 0.15) is 0 Å². The van der Waals surface area contributed by atoms with Crippen LogP contribution >= 0.6 is 0 Å². The van der Waals surface area contributed by atoms with Crippen molar-refractivity contribution < 1.29 is 23.1 Å². The first-order chi connectivity index (χ1) is 10.7. The molecule has 0 aliphatic heterocycles. The number of nitrogens with two attached hydrogens (primary N) is 1. The lowest BCUT2D eigenvalue weighted by Gasteiger charge is -2.36. The number of rotatable bonds is 6. The molecule has 8 heteroatoms. The predicted octanol–water partition coefficient (Wildman–Crippen LogP) is 1.24. The fourth-order valence-corrected chi connectivity index (χ4v) is 4.43. The van der Waals surface area contributed by atoms with Gasteiger partial charge in [0.15, 0.2) is 0 Å². The van der Waals surface area contributed by atoms with Crippen LogP contribution in [0.5, 0.6) is 0 Å². The van der Waals surface area contributed by atoms with Gasteiger partial charge in [-0.1, -0.05) is 19.3 Å². The number of benzene rings is 1. The van der Waals surface area contributed by atoms with Crippen molar-refractivity contribution in [3.63, 3.8) is 0 Å². The molecule has 7 nitrogen and oxygen atoms in total. The van der Waals surface area contributed by atoms with Gasteiger partial charge in [0.25, 0.3) is 0 Å². The quantitative estimate of drug-likeness (QED) is 0.718. The average molecular weight is 340 g/mol. The summed E-state index contributed by atoms with van der Waals surface area (Å²) in [5.74, 6) is -1.67. The Kier molecular flexibility index (Phi) is 5.06. The van der Waals surface area contributed by atoms with Crippen molar-refractivity contribution in [2.75, 3.05) is 0 Å². The monoisotopic (exact) mass is 340 g/mol. The molecule has 0 spiro atoms. The second-order valence-electron chi connectivity index (χ2n) is 5.91. The fourth-order valence-electron chi connectivity index (χ4n) is 2.98. The summed E-state index contributed by atoms with van der Waals surface area (Å²) in [5, 5.41) is 9.11. The highest BCUT2D eigenvalue weighted by molar-refractivity contribution is 7.89. The van der Waals surface area contributed by atoms with Crippen molar-refractivity contribution in [2.24, 2.45) is 5.73 Å². The summed E-state index contributed by atoms with van der Waals surface area (Å²) >= 11 is 0.